The third kappa shape index (κ3) is 2.72. The summed E-state index contributed by atoms with van der Waals surface area (Å²) in [7, 11) is 0. The molecular weight excluding hydrogens is 246 g/mol. The maximum atomic E-state index is 5.60. The van der Waals surface area contributed by atoms with E-state index in [9.17, 15) is 0 Å². The van der Waals surface area contributed by atoms with Crippen molar-refractivity contribution in [2.75, 3.05) is 26.4 Å². The first kappa shape index (κ1) is 12.1. The Hall–Kier alpha value is -0.940. The van der Waals surface area contributed by atoms with Crippen molar-refractivity contribution in [1.82, 2.24) is 5.32 Å². The second-order valence-electron chi connectivity index (χ2n) is 4.46. The summed E-state index contributed by atoms with van der Waals surface area (Å²) in [4.78, 5) is 0. The molecule has 1 saturated heterocycles. The lowest BCUT2D eigenvalue weighted by Gasteiger charge is -2.23. The van der Waals surface area contributed by atoms with Gasteiger partial charge >= 0.3 is 0 Å². The number of fused-ring (bicyclic) bond motifs is 1. The largest absolute Gasteiger partial charge is 0.376 e. The SMILES string of the molecule is c1ccc2c(CNCC3COCCO3)csc2c1. The molecule has 96 valence electrons. The molecule has 1 aliphatic rings. The summed E-state index contributed by atoms with van der Waals surface area (Å²) in [6.07, 6.45) is 0.198. The lowest BCUT2D eigenvalue weighted by atomic mass is 10.2. The normalized spacial score (nSPS) is 20.3. The molecule has 3 rings (SSSR count). The van der Waals surface area contributed by atoms with Gasteiger partial charge in [-0.1, -0.05) is 18.2 Å². The van der Waals surface area contributed by atoms with Crippen molar-refractivity contribution in [1.29, 1.82) is 0 Å². The molecule has 1 aromatic carbocycles. The van der Waals surface area contributed by atoms with Crippen molar-refractivity contribution in [2.45, 2.75) is 12.6 Å². The smallest absolute Gasteiger partial charge is 0.0933 e. The second-order valence-corrected chi connectivity index (χ2v) is 5.37. The highest BCUT2D eigenvalue weighted by molar-refractivity contribution is 7.17. The third-order valence-corrected chi connectivity index (χ3v) is 4.15. The maximum absolute atomic E-state index is 5.60. The predicted molar refractivity (Wildman–Crippen MR) is 74.1 cm³/mol. The Labute approximate surface area is 111 Å². The molecule has 0 spiro atoms. The molecule has 1 N–H and O–H groups in total. The molecule has 0 radical (unpaired) electrons. The molecule has 0 bridgehead atoms. The van der Waals surface area contributed by atoms with Gasteiger partial charge in [-0.3, -0.25) is 0 Å². The Morgan fingerprint density at radius 2 is 2.22 bits per heavy atom. The van der Waals surface area contributed by atoms with Gasteiger partial charge in [0.2, 0.25) is 0 Å². The monoisotopic (exact) mass is 263 g/mol. The third-order valence-electron chi connectivity index (χ3n) is 3.13. The van der Waals surface area contributed by atoms with Crippen LogP contribution >= 0.6 is 11.3 Å². The summed E-state index contributed by atoms with van der Waals surface area (Å²) >= 11 is 1.80. The van der Waals surface area contributed by atoms with Gasteiger partial charge < -0.3 is 14.8 Å². The number of benzene rings is 1. The molecule has 2 aromatic rings. The van der Waals surface area contributed by atoms with Crippen LogP contribution in [0.15, 0.2) is 29.6 Å². The van der Waals surface area contributed by atoms with Gasteiger partial charge in [0.1, 0.15) is 0 Å². The molecule has 0 saturated carbocycles. The molecule has 1 aromatic heterocycles. The standard InChI is InChI=1S/C14H17NO2S/c1-2-4-14-13(3-1)11(10-18-14)7-15-8-12-9-16-5-6-17-12/h1-4,10,12,15H,5-9H2. The molecule has 2 heterocycles. The summed E-state index contributed by atoms with van der Waals surface area (Å²) < 4.78 is 12.3. The van der Waals surface area contributed by atoms with Gasteiger partial charge in [-0.2, -0.15) is 0 Å². The minimum absolute atomic E-state index is 0.198. The highest BCUT2D eigenvalue weighted by Crippen LogP contribution is 2.25. The van der Waals surface area contributed by atoms with Crippen LogP contribution in [0.3, 0.4) is 0 Å². The predicted octanol–water partition coefficient (Wildman–Crippen LogP) is 2.41. The number of ether oxygens (including phenoxy) is 2. The number of hydrogen-bond acceptors (Lipinski definition) is 4. The van der Waals surface area contributed by atoms with E-state index in [1.165, 1.54) is 15.6 Å². The van der Waals surface area contributed by atoms with Crippen LogP contribution in [0.5, 0.6) is 0 Å². The topological polar surface area (TPSA) is 30.5 Å². The van der Waals surface area contributed by atoms with Gasteiger partial charge in [0.15, 0.2) is 0 Å². The van der Waals surface area contributed by atoms with Crippen molar-refractivity contribution in [3.63, 3.8) is 0 Å². The summed E-state index contributed by atoms with van der Waals surface area (Å²) in [5.74, 6) is 0. The first-order valence-corrected chi connectivity index (χ1v) is 7.16. The van der Waals surface area contributed by atoms with Crippen molar-refractivity contribution in [3.05, 3.63) is 35.2 Å². The van der Waals surface area contributed by atoms with Gasteiger partial charge in [-0.15, -0.1) is 11.3 Å². The van der Waals surface area contributed by atoms with Crippen molar-refractivity contribution in [3.8, 4) is 0 Å². The Balaban J connectivity index is 1.56. The summed E-state index contributed by atoms with van der Waals surface area (Å²) in [6, 6.07) is 8.53. The Morgan fingerprint density at radius 3 is 3.11 bits per heavy atom. The summed E-state index contributed by atoms with van der Waals surface area (Å²) in [5, 5.41) is 7.04. The van der Waals surface area contributed by atoms with E-state index < -0.39 is 0 Å². The summed E-state index contributed by atoms with van der Waals surface area (Å²) in [6.45, 7) is 3.89. The Kier molecular flexibility index (Phi) is 3.90. The average molecular weight is 263 g/mol. The maximum Gasteiger partial charge on any atom is 0.0933 e. The van der Waals surface area contributed by atoms with Crippen LogP contribution < -0.4 is 5.32 Å². The molecule has 0 aliphatic carbocycles. The van der Waals surface area contributed by atoms with E-state index in [1.54, 1.807) is 11.3 Å². The number of thiophene rings is 1. The number of hydrogen-bond donors (Lipinski definition) is 1. The van der Waals surface area contributed by atoms with Crippen LogP contribution in [0, 0.1) is 0 Å². The second kappa shape index (κ2) is 5.80. The fourth-order valence-electron chi connectivity index (χ4n) is 2.19. The Morgan fingerprint density at radius 1 is 1.28 bits per heavy atom. The van der Waals surface area contributed by atoms with E-state index in [0.717, 1.165) is 19.7 Å². The minimum Gasteiger partial charge on any atom is -0.376 e. The van der Waals surface area contributed by atoms with Crippen LogP contribution in [0.1, 0.15) is 5.56 Å². The minimum atomic E-state index is 0.198. The van der Waals surface area contributed by atoms with Gasteiger partial charge in [-0.25, -0.2) is 0 Å². The van der Waals surface area contributed by atoms with E-state index >= 15 is 0 Å². The van der Waals surface area contributed by atoms with E-state index in [0.29, 0.717) is 13.2 Å². The molecule has 1 atom stereocenters. The highest BCUT2D eigenvalue weighted by Gasteiger charge is 2.13. The van der Waals surface area contributed by atoms with E-state index in [4.69, 9.17) is 9.47 Å². The van der Waals surface area contributed by atoms with E-state index in [1.807, 2.05) is 0 Å². The van der Waals surface area contributed by atoms with Crippen molar-refractivity contribution >= 4 is 21.4 Å². The zero-order valence-electron chi connectivity index (χ0n) is 10.2. The van der Waals surface area contributed by atoms with E-state index in [-0.39, 0.29) is 6.10 Å². The molecule has 1 unspecified atom stereocenters. The van der Waals surface area contributed by atoms with Gasteiger partial charge in [0.05, 0.1) is 25.9 Å². The van der Waals surface area contributed by atoms with Crippen LogP contribution in [-0.4, -0.2) is 32.5 Å². The number of nitrogens with one attached hydrogen (secondary N) is 1. The fraction of sp³-hybridized carbons (Fsp3) is 0.429. The van der Waals surface area contributed by atoms with Gasteiger partial charge in [0, 0.05) is 17.8 Å². The molecule has 18 heavy (non-hydrogen) atoms. The van der Waals surface area contributed by atoms with Crippen LogP contribution in [0.25, 0.3) is 10.1 Å². The Bertz CT molecular complexity index is 505. The summed E-state index contributed by atoms with van der Waals surface area (Å²) in [5.41, 5.74) is 1.37. The van der Waals surface area contributed by atoms with Gasteiger partial charge in [-0.05, 0) is 22.4 Å². The molecule has 3 nitrogen and oxygen atoms in total. The van der Waals surface area contributed by atoms with Crippen molar-refractivity contribution in [2.24, 2.45) is 0 Å². The quantitative estimate of drug-likeness (QED) is 0.919. The first-order chi connectivity index (χ1) is 8.93. The molecular formula is C14H17NO2S. The first-order valence-electron chi connectivity index (χ1n) is 6.28. The highest BCUT2D eigenvalue weighted by atomic mass is 32.1. The van der Waals surface area contributed by atoms with Crippen LogP contribution in [0.4, 0.5) is 0 Å². The number of rotatable bonds is 4. The van der Waals surface area contributed by atoms with Gasteiger partial charge in [0.25, 0.3) is 0 Å². The van der Waals surface area contributed by atoms with Crippen LogP contribution in [0.2, 0.25) is 0 Å². The lowest BCUT2D eigenvalue weighted by Crippen LogP contribution is -2.37. The van der Waals surface area contributed by atoms with E-state index in [2.05, 4.69) is 35.0 Å². The lowest BCUT2D eigenvalue weighted by molar-refractivity contribution is -0.0864. The van der Waals surface area contributed by atoms with Crippen LogP contribution in [-0.2, 0) is 16.0 Å². The average Bonchev–Trinajstić information content (AvgIpc) is 2.84. The zero-order chi connectivity index (χ0) is 12.2. The molecule has 0 amide bonds. The molecule has 1 fully saturated rings. The molecule has 4 heteroatoms. The van der Waals surface area contributed by atoms with Crippen molar-refractivity contribution < 1.29 is 9.47 Å². The fourth-order valence-corrected chi connectivity index (χ4v) is 3.15. The molecule has 1 aliphatic heterocycles. The zero-order valence-corrected chi connectivity index (χ0v) is 11.0.